The van der Waals surface area contributed by atoms with Crippen LogP contribution < -0.4 is 16.6 Å². The van der Waals surface area contributed by atoms with E-state index in [1.165, 1.54) is 0 Å². The SMILES string of the molecule is C=C(COC)[C@H](C)C[C@@H](NC(=O)OC(C)(C)C)c1ccccc1.NNCCC(=O)OCCC(=O)O. The topological polar surface area (TPSA) is 149 Å². The smallest absolute Gasteiger partial charge is 0.408 e. The van der Waals surface area contributed by atoms with Crippen LogP contribution in [0.1, 0.15) is 58.6 Å². The number of esters is 1. The van der Waals surface area contributed by atoms with Crippen molar-refractivity contribution in [2.24, 2.45) is 11.8 Å². The van der Waals surface area contributed by atoms with Crippen molar-refractivity contribution < 1.29 is 33.7 Å². The molecule has 0 radical (unpaired) electrons. The molecule has 0 spiro atoms. The Kier molecular flexibility index (Phi) is 16.0. The van der Waals surface area contributed by atoms with Crippen LogP contribution in [0.3, 0.4) is 0 Å². The van der Waals surface area contributed by atoms with E-state index in [1.54, 1.807) is 7.11 Å². The second-order valence-corrected chi connectivity index (χ2v) is 8.91. The summed E-state index contributed by atoms with van der Waals surface area (Å²) in [6, 6.07) is 9.78. The van der Waals surface area contributed by atoms with Crippen molar-refractivity contribution in [2.75, 3.05) is 26.9 Å². The summed E-state index contributed by atoms with van der Waals surface area (Å²) in [6.45, 7) is 12.5. The molecule has 0 bridgehead atoms. The highest BCUT2D eigenvalue weighted by Gasteiger charge is 2.22. The Hall–Kier alpha value is -2.95. The predicted octanol–water partition coefficient (Wildman–Crippen LogP) is 3.34. The van der Waals surface area contributed by atoms with Gasteiger partial charge in [-0.15, -0.1) is 0 Å². The first-order chi connectivity index (χ1) is 16.4. The van der Waals surface area contributed by atoms with E-state index in [-0.39, 0.29) is 31.4 Å². The fraction of sp³-hybridized carbons (Fsp3) is 0.560. The first-order valence-corrected chi connectivity index (χ1v) is 11.4. The van der Waals surface area contributed by atoms with Gasteiger partial charge in [0, 0.05) is 13.7 Å². The third-order valence-corrected chi connectivity index (χ3v) is 4.56. The number of nitrogens with two attached hydrogens (primary N) is 1. The van der Waals surface area contributed by atoms with Crippen molar-refractivity contribution in [2.45, 2.75) is 58.6 Å². The van der Waals surface area contributed by atoms with E-state index in [2.05, 4.69) is 29.0 Å². The molecule has 10 nitrogen and oxygen atoms in total. The number of aliphatic carboxylic acids is 1. The van der Waals surface area contributed by atoms with Gasteiger partial charge in [-0.25, -0.2) is 4.79 Å². The average Bonchev–Trinajstić information content (AvgIpc) is 2.77. The van der Waals surface area contributed by atoms with Crippen molar-refractivity contribution >= 4 is 18.0 Å². The van der Waals surface area contributed by atoms with Gasteiger partial charge in [0.05, 0.1) is 25.5 Å². The molecule has 0 heterocycles. The zero-order valence-electron chi connectivity index (χ0n) is 21.5. The number of carbonyl (C=O) groups is 3. The van der Waals surface area contributed by atoms with Crippen LogP contribution in [-0.4, -0.2) is 55.6 Å². The Balaban J connectivity index is 0.000000814. The van der Waals surface area contributed by atoms with Crippen molar-refractivity contribution in [3.05, 3.63) is 48.0 Å². The molecule has 35 heavy (non-hydrogen) atoms. The Morgan fingerprint density at radius 2 is 1.77 bits per heavy atom. The maximum atomic E-state index is 12.1. The normalized spacial score (nSPS) is 12.4. The minimum Gasteiger partial charge on any atom is -0.481 e. The number of carboxylic acid groups (broad SMARTS) is 1. The van der Waals surface area contributed by atoms with Crippen LogP contribution in [0.5, 0.6) is 0 Å². The first-order valence-electron chi connectivity index (χ1n) is 11.4. The molecule has 0 aliphatic heterocycles. The van der Waals surface area contributed by atoms with Crippen LogP contribution in [0, 0.1) is 5.92 Å². The fourth-order valence-electron chi connectivity index (χ4n) is 2.76. The highest BCUT2D eigenvalue weighted by molar-refractivity contribution is 5.71. The molecule has 0 saturated heterocycles. The molecule has 10 heteroatoms. The van der Waals surface area contributed by atoms with Crippen LogP contribution in [-0.2, 0) is 23.8 Å². The van der Waals surface area contributed by atoms with Gasteiger partial charge in [-0.1, -0.05) is 43.8 Å². The van der Waals surface area contributed by atoms with Gasteiger partial charge in [-0.2, -0.15) is 0 Å². The number of nitrogens with one attached hydrogen (secondary N) is 2. The summed E-state index contributed by atoms with van der Waals surface area (Å²) >= 11 is 0. The van der Waals surface area contributed by atoms with Gasteiger partial charge in [0.1, 0.15) is 12.2 Å². The lowest BCUT2D eigenvalue weighted by atomic mass is 9.91. The van der Waals surface area contributed by atoms with Crippen LogP contribution in [0.15, 0.2) is 42.5 Å². The molecule has 0 fully saturated rings. The molecule has 198 valence electrons. The van der Waals surface area contributed by atoms with Gasteiger partial charge in [0.25, 0.3) is 0 Å². The van der Waals surface area contributed by atoms with Crippen molar-refractivity contribution in [1.82, 2.24) is 10.7 Å². The minimum absolute atomic E-state index is 0.0846. The molecule has 1 aromatic carbocycles. The number of hydrazine groups is 1. The van der Waals surface area contributed by atoms with Gasteiger partial charge in [-0.3, -0.25) is 20.9 Å². The Bertz CT molecular complexity index is 779. The van der Waals surface area contributed by atoms with Gasteiger partial charge < -0.3 is 24.6 Å². The molecule has 5 N–H and O–H groups in total. The molecule has 1 rings (SSSR count). The highest BCUT2D eigenvalue weighted by atomic mass is 16.6. The van der Waals surface area contributed by atoms with E-state index in [1.807, 2.05) is 51.1 Å². The molecule has 0 unspecified atom stereocenters. The zero-order valence-corrected chi connectivity index (χ0v) is 21.5. The van der Waals surface area contributed by atoms with E-state index >= 15 is 0 Å². The second kappa shape index (κ2) is 17.5. The van der Waals surface area contributed by atoms with E-state index in [9.17, 15) is 14.4 Å². The summed E-state index contributed by atoms with van der Waals surface area (Å²) in [7, 11) is 1.66. The van der Waals surface area contributed by atoms with E-state index in [0.717, 1.165) is 17.6 Å². The van der Waals surface area contributed by atoms with Crippen LogP contribution in [0.25, 0.3) is 0 Å². The van der Waals surface area contributed by atoms with Crippen molar-refractivity contribution in [1.29, 1.82) is 0 Å². The number of hydrogen-bond donors (Lipinski definition) is 4. The maximum Gasteiger partial charge on any atom is 0.408 e. The van der Waals surface area contributed by atoms with Gasteiger partial charge in [0.15, 0.2) is 0 Å². The summed E-state index contributed by atoms with van der Waals surface area (Å²) in [5.41, 5.74) is 3.83. The first kappa shape index (κ1) is 32.0. The van der Waals surface area contributed by atoms with Gasteiger partial charge in [-0.05, 0) is 44.2 Å². The van der Waals surface area contributed by atoms with Crippen LogP contribution in [0.4, 0.5) is 4.79 Å². The minimum atomic E-state index is -0.986. The highest BCUT2D eigenvalue weighted by Crippen LogP contribution is 2.25. The van der Waals surface area contributed by atoms with Gasteiger partial charge >= 0.3 is 18.0 Å². The van der Waals surface area contributed by atoms with Crippen LogP contribution >= 0.6 is 0 Å². The molecule has 1 aromatic rings. The van der Waals surface area contributed by atoms with Gasteiger partial charge in [0.2, 0.25) is 0 Å². The summed E-state index contributed by atoms with van der Waals surface area (Å²) in [5.74, 6) is 3.68. The largest absolute Gasteiger partial charge is 0.481 e. The third kappa shape index (κ3) is 17.2. The molecule has 0 aliphatic rings. The Morgan fingerprint density at radius 3 is 2.29 bits per heavy atom. The number of ether oxygens (including phenoxy) is 3. The van der Waals surface area contributed by atoms with Crippen molar-refractivity contribution in [3.63, 3.8) is 0 Å². The zero-order chi connectivity index (χ0) is 26.9. The lowest BCUT2D eigenvalue weighted by Gasteiger charge is -2.26. The molecule has 0 saturated carbocycles. The number of carbonyl (C=O) groups excluding carboxylic acids is 2. The van der Waals surface area contributed by atoms with Crippen LogP contribution in [0.2, 0.25) is 0 Å². The summed E-state index contributed by atoms with van der Waals surface area (Å²) in [4.78, 5) is 32.8. The number of amides is 1. The number of rotatable bonds is 13. The molecule has 2 atom stereocenters. The number of hydrogen-bond acceptors (Lipinski definition) is 8. The Labute approximate surface area is 208 Å². The number of methoxy groups -OCH3 is 1. The molecule has 0 aromatic heterocycles. The van der Waals surface area contributed by atoms with E-state index in [0.29, 0.717) is 13.2 Å². The summed E-state index contributed by atoms with van der Waals surface area (Å²) in [5, 5.41) is 11.2. The standard InChI is InChI=1S/C19H29NO3.C6H12N2O4/c1-14(15(2)13-22-6)12-17(16-10-8-7-9-11-16)20-18(21)23-19(3,4)5;7-8-3-1-6(11)12-4-2-5(9)10/h7-11,14,17H,2,12-13H2,1,3-6H3,(H,20,21);8H,1-4,7H2,(H,9,10)/t14-,17-;/m1./s1. The summed E-state index contributed by atoms with van der Waals surface area (Å²) in [6.07, 6.45) is 0.319. The second-order valence-electron chi connectivity index (χ2n) is 8.91. The number of benzene rings is 1. The monoisotopic (exact) mass is 495 g/mol. The molecular formula is C25H41N3O7. The lowest BCUT2D eigenvalue weighted by molar-refractivity contribution is -0.146. The van der Waals surface area contributed by atoms with E-state index < -0.39 is 23.6 Å². The number of carboxylic acids is 1. The predicted molar refractivity (Wildman–Crippen MR) is 133 cm³/mol. The Morgan fingerprint density at radius 1 is 1.14 bits per heavy atom. The van der Waals surface area contributed by atoms with Crippen molar-refractivity contribution in [3.8, 4) is 0 Å². The average molecular weight is 496 g/mol. The van der Waals surface area contributed by atoms with E-state index in [4.69, 9.17) is 20.4 Å². The third-order valence-electron chi connectivity index (χ3n) is 4.56. The number of alkyl carbamates (subject to hydrolysis) is 1. The molecule has 1 amide bonds. The molecular weight excluding hydrogens is 454 g/mol. The fourth-order valence-corrected chi connectivity index (χ4v) is 2.76. The summed E-state index contributed by atoms with van der Waals surface area (Å²) < 4.78 is 15.1. The molecule has 0 aliphatic carbocycles. The maximum absolute atomic E-state index is 12.1. The lowest BCUT2D eigenvalue weighted by Crippen LogP contribution is -2.35. The quantitative estimate of drug-likeness (QED) is 0.140.